The highest BCUT2D eigenvalue weighted by atomic mass is 16.5. The topological polar surface area (TPSA) is 46.5 Å². The molecule has 4 fully saturated rings. The average molecular weight is 547 g/mol. The number of carbonyl (C=O) groups excluding carboxylic acids is 1. The second kappa shape index (κ2) is 9.19. The second-order valence-corrected chi connectivity index (χ2v) is 16.8. The first-order valence-corrected chi connectivity index (χ1v) is 16.3. The van der Waals surface area contributed by atoms with E-state index in [1.807, 2.05) is 18.2 Å². The van der Waals surface area contributed by atoms with Crippen LogP contribution in [0, 0.1) is 50.2 Å². The minimum Gasteiger partial charge on any atom is -0.460 e. The Morgan fingerprint density at radius 3 is 2.30 bits per heavy atom. The molecule has 3 nitrogen and oxygen atoms in total. The Bertz CT molecular complexity index is 1180. The summed E-state index contributed by atoms with van der Waals surface area (Å²) in [5, 5.41) is 11.0. The number of aliphatic hydroxyl groups is 1. The van der Waals surface area contributed by atoms with Crippen LogP contribution in [0.15, 0.2) is 42.0 Å². The number of benzene rings is 1. The SMILES string of the molecule is CC1(C)CC[C@]2(C(=O)OCc3ccccc3)CC[C@]3(C)C(=CCC4[C@@]5(C)CC[C@H](O)C(C)(C)C5CC[C@]43C)[C@@H]2C1. The first-order valence-electron chi connectivity index (χ1n) is 16.3. The monoisotopic (exact) mass is 546 g/mol. The summed E-state index contributed by atoms with van der Waals surface area (Å²) in [5.41, 5.74) is 3.03. The average Bonchev–Trinajstić information content (AvgIpc) is 2.90. The maximum absolute atomic E-state index is 14.1. The fourth-order valence-electron chi connectivity index (χ4n) is 11.5. The van der Waals surface area contributed by atoms with Gasteiger partial charge in [-0.25, -0.2) is 0 Å². The first kappa shape index (κ1) is 28.5. The smallest absolute Gasteiger partial charge is 0.313 e. The highest BCUT2D eigenvalue weighted by Gasteiger charge is 2.69. The van der Waals surface area contributed by atoms with Gasteiger partial charge in [0.1, 0.15) is 6.61 Å². The Kier molecular flexibility index (Phi) is 6.55. The Hall–Kier alpha value is -1.61. The van der Waals surface area contributed by atoms with Gasteiger partial charge in [0.25, 0.3) is 0 Å². The van der Waals surface area contributed by atoms with Gasteiger partial charge in [0.2, 0.25) is 0 Å². The van der Waals surface area contributed by atoms with Crippen molar-refractivity contribution in [2.75, 3.05) is 0 Å². The van der Waals surface area contributed by atoms with Crippen molar-refractivity contribution in [2.24, 2.45) is 50.2 Å². The predicted octanol–water partition coefficient (Wildman–Crippen LogP) is 8.89. The lowest BCUT2D eigenvalue weighted by atomic mass is 9.33. The minimum absolute atomic E-state index is 0.0309. The second-order valence-electron chi connectivity index (χ2n) is 16.8. The van der Waals surface area contributed by atoms with Crippen LogP contribution in [0.25, 0.3) is 0 Å². The lowest BCUT2D eigenvalue weighted by molar-refractivity contribution is -0.206. The number of rotatable bonds is 3. The zero-order chi connectivity index (χ0) is 28.8. The molecule has 1 aromatic rings. The molecule has 3 heteroatoms. The van der Waals surface area contributed by atoms with Crippen molar-refractivity contribution >= 4 is 5.97 Å². The highest BCUT2D eigenvalue weighted by molar-refractivity contribution is 5.79. The standard InChI is InChI=1S/C37H54O3/c1-32(2)19-21-37(31(39)40-24-25-11-9-8-10-12-25)22-20-35(6)26(27(37)23-32)13-14-29-34(5)17-16-30(38)33(3,4)28(34)15-18-36(29,35)7/h8-13,27-30,38H,14-24H2,1-7H3/t27-,28?,29?,30-,34-,35+,36+,37-/m0/s1. The van der Waals surface area contributed by atoms with Gasteiger partial charge in [0.05, 0.1) is 11.5 Å². The van der Waals surface area contributed by atoms with E-state index >= 15 is 0 Å². The van der Waals surface area contributed by atoms with Crippen LogP contribution < -0.4 is 0 Å². The lowest BCUT2D eigenvalue weighted by Crippen LogP contribution is -2.65. The Labute approximate surface area is 243 Å². The maximum Gasteiger partial charge on any atom is 0.313 e. The molecule has 40 heavy (non-hydrogen) atoms. The third-order valence-corrected chi connectivity index (χ3v) is 14.2. The van der Waals surface area contributed by atoms with Gasteiger partial charge in [-0.2, -0.15) is 0 Å². The van der Waals surface area contributed by atoms with Crippen LogP contribution >= 0.6 is 0 Å². The van der Waals surface area contributed by atoms with Crippen LogP contribution in [0.5, 0.6) is 0 Å². The molecule has 220 valence electrons. The molecule has 8 atom stereocenters. The van der Waals surface area contributed by atoms with Gasteiger partial charge in [-0.05, 0) is 115 Å². The molecule has 5 aliphatic carbocycles. The third kappa shape index (κ3) is 3.88. The van der Waals surface area contributed by atoms with Crippen LogP contribution in [-0.4, -0.2) is 17.2 Å². The summed E-state index contributed by atoms with van der Waals surface area (Å²) < 4.78 is 6.17. The molecule has 6 rings (SSSR count). The van der Waals surface area contributed by atoms with Gasteiger partial charge in [-0.1, -0.05) is 90.4 Å². The number of hydrogen-bond donors (Lipinski definition) is 1. The van der Waals surface area contributed by atoms with Crippen molar-refractivity contribution in [3.63, 3.8) is 0 Å². The fraction of sp³-hybridized carbons (Fsp3) is 0.757. The molecule has 0 radical (unpaired) electrons. The number of fused-ring (bicyclic) bond motifs is 7. The molecule has 4 saturated carbocycles. The van der Waals surface area contributed by atoms with Crippen molar-refractivity contribution in [1.82, 2.24) is 0 Å². The number of esters is 1. The van der Waals surface area contributed by atoms with Crippen molar-refractivity contribution in [1.29, 1.82) is 0 Å². The summed E-state index contributed by atoms with van der Waals surface area (Å²) in [7, 11) is 0. The van der Waals surface area contributed by atoms with E-state index in [0.717, 1.165) is 56.9 Å². The van der Waals surface area contributed by atoms with E-state index < -0.39 is 5.41 Å². The predicted molar refractivity (Wildman–Crippen MR) is 161 cm³/mol. The van der Waals surface area contributed by atoms with Crippen LogP contribution in [0.4, 0.5) is 0 Å². The van der Waals surface area contributed by atoms with E-state index in [1.54, 1.807) is 5.57 Å². The molecule has 1 N–H and O–H groups in total. The Morgan fingerprint density at radius 2 is 1.57 bits per heavy atom. The summed E-state index contributed by atoms with van der Waals surface area (Å²) in [6.07, 6.45) is 13.2. The van der Waals surface area contributed by atoms with Crippen LogP contribution in [0.2, 0.25) is 0 Å². The van der Waals surface area contributed by atoms with E-state index in [-0.39, 0.29) is 45.1 Å². The Balaban J connectivity index is 1.36. The maximum atomic E-state index is 14.1. The highest BCUT2D eigenvalue weighted by Crippen LogP contribution is 2.75. The zero-order valence-corrected chi connectivity index (χ0v) is 26.3. The zero-order valence-electron chi connectivity index (χ0n) is 26.3. The first-order chi connectivity index (χ1) is 18.7. The molecule has 0 heterocycles. The molecule has 0 bridgehead atoms. The number of ether oxygens (including phenoxy) is 1. The van der Waals surface area contributed by atoms with Crippen molar-refractivity contribution < 1.29 is 14.6 Å². The van der Waals surface area contributed by atoms with Gasteiger partial charge < -0.3 is 9.84 Å². The van der Waals surface area contributed by atoms with E-state index in [2.05, 4.69) is 66.7 Å². The molecule has 2 unspecified atom stereocenters. The Morgan fingerprint density at radius 1 is 0.875 bits per heavy atom. The van der Waals surface area contributed by atoms with Gasteiger partial charge in [-0.15, -0.1) is 0 Å². The molecule has 0 amide bonds. The molecule has 1 aromatic carbocycles. The largest absolute Gasteiger partial charge is 0.460 e. The molecular weight excluding hydrogens is 492 g/mol. The van der Waals surface area contributed by atoms with Gasteiger partial charge >= 0.3 is 5.97 Å². The summed E-state index contributed by atoms with van der Waals surface area (Å²) >= 11 is 0. The van der Waals surface area contributed by atoms with E-state index in [0.29, 0.717) is 18.4 Å². The van der Waals surface area contributed by atoms with E-state index in [4.69, 9.17) is 4.74 Å². The molecule has 0 aromatic heterocycles. The molecule has 5 aliphatic rings. The van der Waals surface area contributed by atoms with Gasteiger partial charge in [0, 0.05) is 0 Å². The summed E-state index contributed by atoms with van der Waals surface area (Å²) in [6, 6.07) is 10.2. The molecular formula is C37H54O3. The summed E-state index contributed by atoms with van der Waals surface area (Å²) in [4.78, 5) is 14.1. The van der Waals surface area contributed by atoms with Crippen molar-refractivity contribution in [2.45, 2.75) is 125 Å². The van der Waals surface area contributed by atoms with Crippen LogP contribution in [-0.2, 0) is 16.1 Å². The van der Waals surface area contributed by atoms with Gasteiger partial charge in [-0.3, -0.25) is 4.79 Å². The van der Waals surface area contributed by atoms with E-state index in [9.17, 15) is 9.90 Å². The lowest BCUT2D eigenvalue weighted by Gasteiger charge is -2.71. The van der Waals surface area contributed by atoms with E-state index in [1.165, 1.54) is 12.8 Å². The molecule has 0 aliphatic heterocycles. The number of carbonyl (C=O) groups is 1. The quantitative estimate of drug-likeness (QED) is 0.304. The molecule has 0 spiro atoms. The van der Waals surface area contributed by atoms with Gasteiger partial charge in [0.15, 0.2) is 0 Å². The van der Waals surface area contributed by atoms with Crippen molar-refractivity contribution in [3.05, 3.63) is 47.5 Å². The number of hydrogen-bond acceptors (Lipinski definition) is 3. The molecule has 0 saturated heterocycles. The fourth-order valence-corrected chi connectivity index (χ4v) is 11.5. The summed E-state index contributed by atoms with van der Waals surface area (Å²) in [5.74, 6) is 1.50. The van der Waals surface area contributed by atoms with Crippen LogP contribution in [0.3, 0.4) is 0 Å². The number of aliphatic hydroxyl groups excluding tert-OH is 1. The van der Waals surface area contributed by atoms with Crippen LogP contribution in [0.1, 0.15) is 118 Å². The third-order valence-electron chi connectivity index (χ3n) is 14.2. The normalized spacial score (nSPS) is 45.1. The number of allylic oxidation sites excluding steroid dienone is 2. The minimum atomic E-state index is -0.392. The van der Waals surface area contributed by atoms with Crippen molar-refractivity contribution in [3.8, 4) is 0 Å². The summed E-state index contributed by atoms with van der Waals surface area (Å²) in [6.45, 7) is 17.6.